The number of nitrogens with zero attached hydrogens (tertiary/aromatic N) is 5. The molecular formula is C9H12F2N8O. The van der Waals surface area contributed by atoms with Gasteiger partial charge in [0.25, 0.3) is 12.4 Å². The number of aliphatic hydroxyl groups is 1. The molecule has 0 bridgehead atoms. The standard InChI is InChI=1S/C9H12F2N8O/c10-6(11)5(20)4-13-7-15-8(18-12)17-9(16-7)19-3-1-2-14-19/h1-3,5-6,20H,4,12H2,(H2,13,15,16,17,18). The summed E-state index contributed by atoms with van der Waals surface area (Å²) in [6.45, 7) is -0.412. The average Bonchev–Trinajstić information content (AvgIpc) is 2.98. The summed E-state index contributed by atoms with van der Waals surface area (Å²) in [4.78, 5) is 11.7. The predicted molar refractivity (Wildman–Crippen MR) is 65.3 cm³/mol. The van der Waals surface area contributed by atoms with Crippen LogP contribution in [0.2, 0.25) is 0 Å². The van der Waals surface area contributed by atoms with Gasteiger partial charge in [-0.05, 0) is 6.07 Å². The van der Waals surface area contributed by atoms with E-state index in [2.05, 4.69) is 30.8 Å². The molecule has 2 heterocycles. The second-order valence-electron chi connectivity index (χ2n) is 3.66. The van der Waals surface area contributed by atoms with Crippen molar-refractivity contribution < 1.29 is 13.9 Å². The molecular weight excluding hydrogens is 274 g/mol. The monoisotopic (exact) mass is 286 g/mol. The van der Waals surface area contributed by atoms with E-state index in [9.17, 15) is 8.78 Å². The van der Waals surface area contributed by atoms with Crippen molar-refractivity contribution >= 4 is 11.9 Å². The first-order chi connectivity index (χ1) is 9.60. The van der Waals surface area contributed by atoms with Gasteiger partial charge >= 0.3 is 0 Å². The summed E-state index contributed by atoms with van der Waals surface area (Å²) in [7, 11) is 0. The van der Waals surface area contributed by atoms with Gasteiger partial charge in [-0.15, -0.1) is 0 Å². The molecule has 5 N–H and O–H groups in total. The quantitative estimate of drug-likeness (QED) is 0.409. The minimum Gasteiger partial charge on any atom is -0.385 e. The van der Waals surface area contributed by atoms with E-state index in [1.807, 2.05) is 0 Å². The van der Waals surface area contributed by atoms with Crippen molar-refractivity contribution in [2.24, 2.45) is 5.84 Å². The van der Waals surface area contributed by atoms with Crippen LogP contribution in [0.5, 0.6) is 0 Å². The maximum atomic E-state index is 12.2. The molecule has 2 aromatic rings. The Kier molecular flexibility index (Phi) is 4.32. The van der Waals surface area contributed by atoms with E-state index in [1.165, 1.54) is 10.9 Å². The molecule has 0 aromatic carbocycles. The van der Waals surface area contributed by atoms with Gasteiger partial charge in [-0.3, -0.25) is 5.43 Å². The van der Waals surface area contributed by atoms with Gasteiger partial charge in [-0.2, -0.15) is 20.1 Å². The zero-order chi connectivity index (χ0) is 14.5. The highest BCUT2D eigenvalue weighted by molar-refractivity contribution is 5.36. The Balaban J connectivity index is 2.18. The number of rotatable bonds is 6. The van der Waals surface area contributed by atoms with E-state index in [4.69, 9.17) is 10.9 Å². The smallest absolute Gasteiger partial charge is 0.265 e. The predicted octanol–water partition coefficient (Wildman–Crippen LogP) is -0.619. The fourth-order valence-electron chi connectivity index (χ4n) is 1.28. The van der Waals surface area contributed by atoms with Gasteiger partial charge in [0, 0.05) is 18.9 Å². The van der Waals surface area contributed by atoms with Crippen LogP contribution >= 0.6 is 0 Å². The Labute approximate surface area is 111 Å². The Bertz CT molecular complexity index is 549. The summed E-state index contributed by atoms with van der Waals surface area (Å²) in [5, 5.41) is 15.4. The van der Waals surface area contributed by atoms with E-state index in [1.54, 1.807) is 12.3 Å². The number of aromatic nitrogens is 5. The molecule has 2 aromatic heterocycles. The van der Waals surface area contributed by atoms with Gasteiger partial charge in [-0.25, -0.2) is 19.3 Å². The first-order valence-electron chi connectivity index (χ1n) is 5.53. The van der Waals surface area contributed by atoms with Gasteiger partial charge < -0.3 is 10.4 Å². The highest BCUT2D eigenvalue weighted by Crippen LogP contribution is 2.09. The third-order valence-corrected chi connectivity index (χ3v) is 2.22. The van der Waals surface area contributed by atoms with Crippen molar-refractivity contribution in [2.45, 2.75) is 12.5 Å². The molecule has 20 heavy (non-hydrogen) atoms. The topological polar surface area (TPSA) is 127 Å². The van der Waals surface area contributed by atoms with E-state index < -0.39 is 19.1 Å². The van der Waals surface area contributed by atoms with E-state index >= 15 is 0 Å². The first-order valence-corrected chi connectivity index (χ1v) is 5.53. The molecule has 0 amide bonds. The Morgan fingerprint density at radius 3 is 2.65 bits per heavy atom. The number of hydrazine groups is 1. The van der Waals surface area contributed by atoms with Crippen molar-refractivity contribution in [3.05, 3.63) is 18.5 Å². The summed E-state index contributed by atoms with van der Waals surface area (Å²) in [6, 6.07) is 1.66. The summed E-state index contributed by atoms with van der Waals surface area (Å²) >= 11 is 0. The molecule has 0 saturated carbocycles. The van der Waals surface area contributed by atoms with E-state index in [0.29, 0.717) is 0 Å². The highest BCUT2D eigenvalue weighted by Gasteiger charge is 2.17. The maximum Gasteiger partial charge on any atom is 0.265 e. The van der Waals surface area contributed by atoms with Crippen LogP contribution in [0.15, 0.2) is 18.5 Å². The van der Waals surface area contributed by atoms with Crippen molar-refractivity contribution in [1.82, 2.24) is 24.7 Å². The molecule has 1 unspecified atom stereocenters. The number of hydrogen-bond donors (Lipinski definition) is 4. The van der Waals surface area contributed by atoms with E-state index in [-0.39, 0.29) is 17.8 Å². The number of nitrogens with two attached hydrogens (primary N) is 1. The van der Waals surface area contributed by atoms with Crippen molar-refractivity contribution in [3.63, 3.8) is 0 Å². The second kappa shape index (κ2) is 6.16. The lowest BCUT2D eigenvalue weighted by atomic mass is 10.4. The molecule has 9 nitrogen and oxygen atoms in total. The molecule has 0 fully saturated rings. The Morgan fingerprint density at radius 2 is 2.05 bits per heavy atom. The molecule has 1 atom stereocenters. The van der Waals surface area contributed by atoms with Gasteiger partial charge in [0.15, 0.2) is 0 Å². The number of alkyl halides is 2. The minimum atomic E-state index is -2.86. The van der Waals surface area contributed by atoms with Crippen molar-refractivity contribution in [2.75, 3.05) is 17.3 Å². The van der Waals surface area contributed by atoms with Gasteiger partial charge in [0.2, 0.25) is 11.9 Å². The Morgan fingerprint density at radius 1 is 1.30 bits per heavy atom. The first kappa shape index (κ1) is 14.0. The number of halogens is 2. The molecule has 0 aliphatic rings. The van der Waals surface area contributed by atoms with Gasteiger partial charge in [0.1, 0.15) is 6.10 Å². The van der Waals surface area contributed by atoms with Crippen LogP contribution in [0.1, 0.15) is 0 Å². The molecule has 2 rings (SSSR count). The maximum absolute atomic E-state index is 12.2. The van der Waals surface area contributed by atoms with Crippen molar-refractivity contribution in [1.29, 1.82) is 0 Å². The van der Waals surface area contributed by atoms with Crippen LogP contribution in [0, 0.1) is 0 Å². The number of aliphatic hydroxyl groups excluding tert-OH is 1. The van der Waals surface area contributed by atoms with Crippen LogP contribution in [0.3, 0.4) is 0 Å². The highest BCUT2D eigenvalue weighted by atomic mass is 19.3. The number of nitrogens with one attached hydrogen (secondary N) is 2. The van der Waals surface area contributed by atoms with Crippen LogP contribution in [-0.2, 0) is 0 Å². The Hall–Kier alpha value is -2.40. The SMILES string of the molecule is NNc1nc(NCC(O)C(F)F)nc(-n2cccn2)n1. The largest absolute Gasteiger partial charge is 0.385 e. The van der Waals surface area contributed by atoms with Gasteiger partial charge in [-0.1, -0.05) is 0 Å². The molecule has 108 valence electrons. The third kappa shape index (κ3) is 3.33. The van der Waals surface area contributed by atoms with Crippen LogP contribution in [-0.4, -0.2) is 48.9 Å². The summed E-state index contributed by atoms with van der Waals surface area (Å²) in [6.07, 6.45) is -1.57. The summed E-state index contributed by atoms with van der Waals surface area (Å²) in [5.74, 6) is 5.37. The summed E-state index contributed by atoms with van der Waals surface area (Å²) < 4.78 is 25.7. The normalized spacial score (nSPS) is 12.4. The number of nitrogen functional groups attached to an aromatic ring is 1. The summed E-state index contributed by atoms with van der Waals surface area (Å²) in [5.41, 5.74) is 2.23. The minimum absolute atomic E-state index is 0.0156. The lowest BCUT2D eigenvalue weighted by Gasteiger charge is -2.11. The molecule has 0 aliphatic heterocycles. The number of hydrogen-bond acceptors (Lipinski definition) is 8. The van der Waals surface area contributed by atoms with Crippen LogP contribution in [0.25, 0.3) is 5.95 Å². The molecule has 0 spiro atoms. The van der Waals surface area contributed by atoms with Crippen LogP contribution in [0.4, 0.5) is 20.7 Å². The lowest BCUT2D eigenvalue weighted by Crippen LogP contribution is -2.28. The lowest BCUT2D eigenvalue weighted by molar-refractivity contribution is 0.00376. The van der Waals surface area contributed by atoms with E-state index in [0.717, 1.165) is 0 Å². The van der Waals surface area contributed by atoms with Gasteiger partial charge in [0.05, 0.1) is 0 Å². The average molecular weight is 286 g/mol. The van der Waals surface area contributed by atoms with Crippen molar-refractivity contribution in [3.8, 4) is 5.95 Å². The molecule has 0 saturated heterocycles. The molecule has 0 radical (unpaired) electrons. The zero-order valence-corrected chi connectivity index (χ0v) is 10.1. The fourth-order valence-corrected chi connectivity index (χ4v) is 1.28. The molecule has 11 heteroatoms. The fraction of sp³-hybridized carbons (Fsp3) is 0.333. The van der Waals surface area contributed by atoms with Crippen LogP contribution < -0.4 is 16.6 Å². The molecule has 0 aliphatic carbocycles. The second-order valence-corrected chi connectivity index (χ2v) is 3.66. The third-order valence-electron chi connectivity index (χ3n) is 2.22. The number of anilines is 2. The zero-order valence-electron chi connectivity index (χ0n) is 10.1.